The zero-order valence-electron chi connectivity index (χ0n) is 17.7. The molecule has 0 amide bonds. The lowest BCUT2D eigenvalue weighted by Gasteiger charge is -2.19. The van der Waals surface area contributed by atoms with Crippen molar-refractivity contribution in [2.75, 3.05) is 20.7 Å². The zero-order valence-corrected chi connectivity index (χ0v) is 17.7. The Bertz CT molecular complexity index is 1060. The van der Waals surface area contributed by atoms with Crippen molar-refractivity contribution in [3.63, 3.8) is 0 Å². The number of aromatic nitrogens is 2. The molecule has 1 aromatic heterocycles. The van der Waals surface area contributed by atoms with E-state index in [1.165, 1.54) is 6.33 Å². The molecule has 0 saturated carbocycles. The number of allylic oxidation sites excluding steroid dienone is 1. The molecule has 0 aliphatic rings. The highest BCUT2D eigenvalue weighted by atomic mass is 16.5. The summed E-state index contributed by atoms with van der Waals surface area (Å²) < 4.78 is 11.3. The molecule has 3 rings (SSSR count). The quantitative estimate of drug-likeness (QED) is 0.558. The first kappa shape index (κ1) is 21.3. The molecule has 1 heterocycles. The van der Waals surface area contributed by atoms with Crippen LogP contribution in [0, 0.1) is 0 Å². The standard InChI is InChI=1S/C24H27N3O3/c1-16(14-25-3)30-24-22(23(28)26-15-27-24)21(17(2)18-8-6-5-7-9-18)19-10-12-20(29-4)13-11-19/h5-13,15-16,25H,14H2,1-4H3,(H,26,27,28)/b21-17+. The number of H-pyrrole nitrogens is 1. The van der Waals surface area contributed by atoms with Gasteiger partial charge in [-0.25, -0.2) is 4.98 Å². The molecular weight excluding hydrogens is 378 g/mol. The number of ether oxygens (including phenoxy) is 2. The van der Waals surface area contributed by atoms with E-state index in [1.807, 2.05) is 75.5 Å². The Balaban J connectivity index is 2.24. The van der Waals surface area contributed by atoms with Gasteiger partial charge in [-0.3, -0.25) is 4.79 Å². The molecule has 0 saturated heterocycles. The molecule has 1 atom stereocenters. The number of nitrogens with one attached hydrogen (secondary N) is 2. The van der Waals surface area contributed by atoms with Crippen molar-refractivity contribution in [3.05, 3.63) is 88.0 Å². The minimum Gasteiger partial charge on any atom is -0.497 e. The van der Waals surface area contributed by atoms with E-state index in [0.29, 0.717) is 18.0 Å². The number of benzene rings is 2. The molecule has 0 aliphatic heterocycles. The fraction of sp³-hybridized carbons (Fsp3) is 0.250. The van der Waals surface area contributed by atoms with Crippen LogP contribution in [0.15, 0.2) is 65.7 Å². The van der Waals surface area contributed by atoms with E-state index < -0.39 is 0 Å². The Labute approximate surface area is 176 Å². The third-order valence-corrected chi connectivity index (χ3v) is 4.83. The molecule has 0 aliphatic carbocycles. The first-order valence-corrected chi connectivity index (χ1v) is 9.85. The van der Waals surface area contributed by atoms with Crippen molar-refractivity contribution in [2.45, 2.75) is 20.0 Å². The maximum absolute atomic E-state index is 13.0. The molecule has 30 heavy (non-hydrogen) atoms. The number of hydrogen-bond acceptors (Lipinski definition) is 5. The van der Waals surface area contributed by atoms with Gasteiger partial charge in [-0.05, 0) is 49.7 Å². The number of hydrogen-bond donors (Lipinski definition) is 2. The average Bonchev–Trinajstić information content (AvgIpc) is 2.77. The van der Waals surface area contributed by atoms with Crippen LogP contribution >= 0.6 is 0 Å². The highest BCUT2D eigenvalue weighted by Crippen LogP contribution is 2.34. The van der Waals surface area contributed by atoms with E-state index in [9.17, 15) is 4.79 Å². The van der Waals surface area contributed by atoms with Crippen LogP contribution in [0.2, 0.25) is 0 Å². The van der Waals surface area contributed by atoms with Crippen LogP contribution in [-0.4, -0.2) is 36.8 Å². The molecule has 0 fully saturated rings. The van der Waals surface area contributed by atoms with Gasteiger partial charge in [0.1, 0.15) is 17.4 Å². The highest BCUT2D eigenvalue weighted by molar-refractivity contribution is 5.98. The van der Waals surface area contributed by atoms with Gasteiger partial charge in [-0.1, -0.05) is 42.5 Å². The van der Waals surface area contributed by atoms with Crippen molar-refractivity contribution in [3.8, 4) is 11.6 Å². The number of rotatable bonds is 8. The van der Waals surface area contributed by atoms with Gasteiger partial charge in [0.15, 0.2) is 0 Å². The first-order valence-electron chi connectivity index (χ1n) is 9.85. The lowest BCUT2D eigenvalue weighted by molar-refractivity contribution is 0.210. The van der Waals surface area contributed by atoms with E-state index in [0.717, 1.165) is 28.0 Å². The van der Waals surface area contributed by atoms with Gasteiger partial charge in [0.2, 0.25) is 5.88 Å². The molecule has 6 heteroatoms. The van der Waals surface area contributed by atoms with Gasteiger partial charge in [0.05, 0.1) is 13.4 Å². The fourth-order valence-corrected chi connectivity index (χ4v) is 3.35. The monoisotopic (exact) mass is 405 g/mol. The molecule has 3 aromatic rings. The van der Waals surface area contributed by atoms with Crippen molar-refractivity contribution in [1.29, 1.82) is 0 Å². The van der Waals surface area contributed by atoms with Crippen LogP contribution in [0.5, 0.6) is 11.6 Å². The fourth-order valence-electron chi connectivity index (χ4n) is 3.35. The van der Waals surface area contributed by atoms with E-state index in [4.69, 9.17) is 9.47 Å². The average molecular weight is 405 g/mol. The van der Waals surface area contributed by atoms with Crippen LogP contribution in [0.1, 0.15) is 30.5 Å². The maximum Gasteiger partial charge on any atom is 0.262 e. The van der Waals surface area contributed by atoms with E-state index >= 15 is 0 Å². The normalized spacial score (nSPS) is 12.8. The Kier molecular flexibility index (Phi) is 7.03. The summed E-state index contributed by atoms with van der Waals surface area (Å²) in [6.45, 7) is 4.57. The zero-order chi connectivity index (χ0) is 21.5. The van der Waals surface area contributed by atoms with Gasteiger partial charge in [0, 0.05) is 12.1 Å². The van der Waals surface area contributed by atoms with E-state index in [1.54, 1.807) is 7.11 Å². The smallest absolute Gasteiger partial charge is 0.262 e. The van der Waals surface area contributed by atoms with E-state index in [-0.39, 0.29) is 11.7 Å². The molecule has 2 N–H and O–H groups in total. The van der Waals surface area contributed by atoms with Gasteiger partial charge in [-0.2, -0.15) is 0 Å². The van der Waals surface area contributed by atoms with Gasteiger partial charge in [-0.15, -0.1) is 0 Å². The molecule has 1 unspecified atom stereocenters. The van der Waals surface area contributed by atoms with Gasteiger partial charge in [0.25, 0.3) is 5.56 Å². The minimum absolute atomic E-state index is 0.155. The predicted octanol–water partition coefficient (Wildman–Crippen LogP) is 3.74. The van der Waals surface area contributed by atoms with Gasteiger partial charge < -0.3 is 19.8 Å². The van der Waals surface area contributed by atoms with Crippen molar-refractivity contribution in [1.82, 2.24) is 15.3 Å². The first-order chi connectivity index (χ1) is 14.5. The second-order valence-electron chi connectivity index (χ2n) is 6.99. The molecule has 0 bridgehead atoms. The molecule has 0 radical (unpaired) electrons. The Morgan fingerprint density at radius 1 is 1.10 bits per heavy atom. The van der Waals surface area contributed by atoms with Crippen LogP contribution in [-0.2, 0) is 0 Å². The van der Waals surface area contributed by atoms with E-state index in [2.05, 4.69) is 15.3 Å². The Morgan fingerprint density at radius 3 is 2.43 bits per heavy atom. The molecule has 2 aromatic carbocycles. The number of aromatic amines is 1. The number of likely N-dealkylation sites (N-methyl/N-ethyl adjacent to an activating group) is 1. The summed E-state index contributed by atoms with van der Waals surface area (Å²) in [7, 11) is 3.48. The summed E-state index contributed by atoms with van der Waals surface area (Å²) in [5.41, 5.74) is 3.77. The van der Waals surface area contributed by atoms with Crippen LogP contribution in [0.25, 0.3) is 11.1 Å². The SMILES string of the molecule is CNCC(C)Oc1nc[nH]c(=O)c1/C(=C(\C)c1ccccc1)c1ccc(OC)cc1. The van der Waals surface area contributed by atoms with Crippen LogP contribution in [0.4, 0.5) is 0 Å². The number of nitrogens with zero attached hydrogens (tertiary/aromatic N) is 1. The summed E-state index contributed by atoms with van der Waals surface area (Å²) in [6, 6.07) is 17.6. The summed E-state index contributed by atoms with van der Waals surface area (Å²) in [6.07, 6.45) is 1.22. The Hall–Kier alpha value is -3.38. The second-order valence-corrected chi connectivity index (χ2v) is 6.99. The summed E-state index contributed by atoms with van der Waals surface area (Å²) in [5, 5.41) is 3.08. The van der Waals surface area contributed by atoms with Crippen molar-refractivity contribution < 1.29 is 9.47 Å². The summed E-state index contributed by atoms with van der Waals surface area (Å²) in [4.78, 5) is 20.1. The van der Waals surface area contributed by atoms with Crippen molar-refractivity contribution >= 4 is 11.1 Å². The second kappa shape index (κ2) is 9.89. The molecule has 0 spiro atoms. The summed E-state index contributed by atoms with van der Waals surface area (Å²) in [5.74, 6) is 1.05. The van der Waals surface area contributed by atoms with Crippen molar-refractivity contribution in [2.24, 2.45) is 0 Å². The van der Waals surface area contributed by atoms with Gasteiger partial charge >= 0.3 is 0 Å². The predicted molar refractivity (Wildman–Crippen MR) is 120 cm³/mol. The Morgan fingerprint density at radius 2 is 1.80 bits per heavy atom. The lowest BCUT2D eigenvalue weighted by Crippen LogP contribution is -2.28. The maximum atomic E-state index is 13.0. The topological polar surface area (TPSA) is 76.2 Å². The number of methoxy groups -OCH3 is 1. The highest BCUT2D eigenvalue weighted by Gasteiger charge is 2.21. The minimum atomic E-state index is -0.252. The lowest BCUT2D eigenvalue weighted by atomic mass is 9.91. The molecule has 156 valence electrons. The van der Waals surface area contributed by atoms with Crippen LogP contribution in [0.3, 0.4) is 0 Å². The molecule has 6 nitrogen and oxygen atoms in total. The van der Waals surface area contributed by atoms with Crippen LogP contribution < -0.4 is 20.3 Å². The third kappa shape index (κ3) is 4.78. The summed E-state index contributed by atoms with van der Waals surface area (Å²) >= 11 is 0. The largest absolute Gasteiger partial charge is 0.497 e. The molecular formula is C24H27N3O3. The third-order valence-electron chi connectivity index (χ3n) is 4.83.